The maximum absolute atomic E-state index is 3.59. The van der Waals surface area contributed by atoms with E-state index in [4.69, 9.17) is 0 Å². The highest BCUT2D eigenvalue weighted by molar-refractivity contribution is 5.19. The average Bonchev–Trinajstić information content (AvgIpc) is 2.35. The third-order valence-corrected chi connectivity index (χ3v) is 3.34. The van der Waals surface area contributed by atoms with Crippen LogP contribution in [0.1, 0.15) is 45.1 Å². The van der Waals surface area contributed by atoms with Gasteiger partial charge < -0.3 is 5.32 Å². The van der Waals surface area contributed by atoms with Gasteiger partial charge in [-0.05, 0) is 30.4 Å². The van der Waals surface area contributed by atoms with Crippen molar-refractivity contribution >= 4 is 0 Å². The zero-order valence-corrected chi connectivity index (χ0v) is 10.9. The van der Waals surface area contributed by atoms with Crippen molar-refractivity contribution in [2.75, 3.05) is 13.1 Å². The van der Waals surface area contributed by atoms with Gasteiger partial charge in [0.15, 0.2) is 0 Å². The standard InChI is InChI=1S/C15H25N/c1-4-13(3)11-16-12-14(5-2)15-9-7-6-8-10-15/h6-10,13-14,16H,4-5,11-12H2,1-3H3. The molecule has 2 atom stereocenters. The highest BCUT2D eigenvalue weighted by atomic mass is 14.9. The monoisotopic (exact) mass is 219 g/mol. The molecule has 0 fully saturated rings. The largest absolute Gasteiger partial charge is 0.316 e. The summed E-state index contributed by atoms with van der Waals surface area (Å²) in [6.07, 6.45) is 2.46. The molecular formula is C15H25N. The van der Waals surface area contributed by atoms with Crippen molar-refractivity contribution < 1.29 is 0 Å². The van der Waals surface area contributed by atoms with Crippen molar-refractivity contribution in [2.24, 2.45) is 5.92 Å². The Morgan fingerprint density at radius 2 is 1.69 bits per heavy atom. The fraction of sp³-hybridized carbons (Fsp3) is 0.600. The molecule has 0 aliphatic carbocycles. The van der Waals surface area contributed by atoms with Gasteiger partial charge in [-0.25, -0.2) is 0 Å². The lowest BCUT2D eigenvalue weighted by Crippen LogP contribution is -2.26. The summed E-state index contributed by atoms with van der Waals surface area (Å²) in [5.74, 6) is 1.44. The topological polar surface area (TPSA) is 12.0 Å². The van der Waals surface area contributed by atoms with E-state index in [0.717, 1.165) is 19.0 Å². The predicted octanol–water partition coefficient (Wildman–Crippen LogP) is 3.82. The quantitative estimate of drug-likeness (QED) is 0.735. The highest BCUT2D eigenvalue weighted by Gasteiger charge is 2.08. The zero-order valence-electron chi connectivity index (χ0n) is 10.9. The molecular weight excluding hydrogens is 194 g/mol. The molecule has 0 aliphatic rings. The summed E-state index contributed by atoms with van der Waals surface area (Å²) in [5, 5.41) is 3.59. The predicted molar refractivity (Wildman–Crippen MR) is 71.8 cm³/mol. The van der Waals surface area contributed by atoms with Gasteiger partial charge in [0, 0.05) is 6.54 Å². The molecule has 0 saturated heterocycles. The Morgan fingerprint density at radius 1 is 1.00 bits per heavy atom. The first-order chi connectivity index (χ1) is 7.77. The van der Waals surface area contributed by atoms with Crippen LogP contribution in [0.5, 0.6) is 0 Å². The van der Waals surface area contributed by atoms with Crippen LogP contribution in [-0.4, -0.2) is 13.1 Å². The van der Waals surface area contributed by atoms with Crippen LogP contribution in [-0.2, 0) is 0 Å². The Labute approximate surface area is 100 Å². The van der Waals surface area contributed by atoms with E-state index in [-0.39, 0.29) is 0 Å². The lowest BCUT2D eigenvalue weighted by atomic mass is 9.96. The van der Waals surface area contributed by atoms with Crippen LogP contribution in [0.25, 0.3) is 0 Å². The fourth-order valence-corrected chi connectivity index (χ4v) is 1.87. The second-order valence-electron chi connectivity index (χ2n) is 4.69. The highest BCUT2D eigenvalue weighted by Crippen LogP contribution is 2.17. The molecule has 1 aromatic rings. The van der Waals surface area contributed by atoms with Crippen LogP contribution < -0.4 is 5.32 Å². The molecule has 1 nitrogen and oxygen atoms in total. The Morgan fingerprint density at radius 3 is 2.25 bits per heavy atom. The number of hydrogen-bond acceptors (Lipinski definition) is 1. The first-order valence-corrected chi connectivity index (χ1v) is 6.53. The number of benzene rings is 1. The van der Waals surface area contributed by atoms with Crippen LogP contribution in [0.2, 0.25) is 0 Å². The molecule has 0 amide bonds. The average molecular weight is 219 g/mol. The molecule has 0 bridgehead atoms. The number of rotatable bonds is 7. The summed E-state index contributed by atoms with van der Waals surface area (Å²) >= 11 is 0. The molecule has 1 N–H and O–H groups in total. The number of nitrogens with one attached hydrogen (secondary N) is 1. The molecule has 0 aromatic heterocycles. The van der Waals surface area contributed by atoms with Gasteiger partial charge in [-0.1, -0.05) is 57.5 Å². The van der Waals surface area contributed by atoms with E-state index in [0.29, 0.717) is 5.92 Å². The van der Waals surface area contributed by atoms with Crippen LogP contribution >= 0.6 is 0 Å². The van der Waals surface area contributed by atoms with E-state index in [2.05, 4.69) is 56.4 Å². The minimum absolute atomic E-state index is 0.658. The Hall–Kier alpha value is -0.820. The smallest absolute Gasteiger partial charge is 0.00201 e. The summed E-state index contributed by atoms with van der Waals surface area (Å²) in [6, 6.07) is 10.8. The minimum Gasteiger partial charge on any atom is -0.316 e. The van der Waals surface area contributed by atoms with Crippen molar-refractivity contribution in [1.82, 2.24) is 5.32 Å². The van der Waals surface area contributed by atoms with Gasteiger partial charge in [0.25, 0.3) is 0 Å². The molecule has 16 heavy (non-hydrogen) atoms. The molecule has 1 rings (SSSR count). The minimum atomic E-state index is 0.658. The van der Waals surface area contributed by atoms with Crippen LogP contribution in [0.4, 0.5) is 0 Å². The fourth-order valence-electron chi connectivity index (χ4n) is 1.87. The Balaban J connectivity index is 2.38. The molecule has 0 radical (unpaired) electrons. The van der Waals surface area contributed by atoms with Crippen LogP contribution in [0, 0.1) is 5.92 Å². The van der Waals surface area contributed by atoms with Crippen molar-refractivity contribution in [1.29, 1.82) is 0 Å². The molecule has 90 valence electrons. The maximum atomic E-state index is 3.59. The lowest BCUT2D eigenvalue weighted by molar-refractivity contribution is 0.475. The van der Waals surface area contributed by atoms with E-state index in [1.807, 2.05) is 0 Å². The van der Waals surface area contributed by atoms with Crippen LogP contribution in [0.3, 0.4) is 0 Å². The van der Waals surface area contributed by atoms with E-state index in [1.165, 1.54) is 18.4 Å². The van der Waals surface area contributed by atoms with Crippen molar-refractivity contribution in [3.8, 4) is 0 Å². The molecule has 0 heterocycles. The molecule has 0 spiro atoms. The molecule has 1 heteroatoms. The molecule has 1 aromatic carbocycles. The Bertz CT molecular complexity index is 268. The summed E-state index contributed by atoms with van der Waals surface area (Å²) in [5.41, 5.74) is 1.46. The third-order valence-electron chi connectivity index (χ3n) is 3.34. The molecule has 2 unspecified atom stereocenters. The third kappa shape index (κ3) is 4.36. The molecule has 0 saturated carbocycles. The van der Waals surface area contributed by atoms with Crippen LogP contribution in [0.15, 0.2) is 30.3 Å². The van der Waals surface area contributed by atoms with Crippen molar-refractivity contribution in [3.05, 3.63) is 35.9 Å². The van der Waals surface area contributed by atoms with E-state index in [9.17, 15) is 0 Å². The first kappa shape index (κ1) is 13.2. The maximum Gasteiger partial charge on any atom is 0.00201 e. The van der Waals surface area contributed by atoms with E-state index >= 15 is 0 Å². The van der Waals surface area contributed by atoms with Gasteiger partial charge >= 0.3 is 0 Å². The summed E-state index contributed by atoms with van der Waals surface area (Å²) in [7, 11) is 0. The van der Waals surface area contributed by atoms with E-state index in [1.54, 1.807) is 0 Å². The van der Waals surface area contributed by atoms with E-state index < -0.39 is 0 Å². The van der Waals surface area contributed by atoms with Gasteiger partial charge in [-0.3, -0.25) is 0 Å². The van der Waals surface area contributed by atoms with Gasteiger partial charge in [-0.15, -0.1) is 0 Å². The molecule has 0 aliphatic heterocycles. The summed E-state index contributed by atoms with van der Waals surface area (Å²) in [4.78, 5) is 0. The van der Waals surface area contributed by atoms with Crippen molar-refractivity contribution in [2.45, 2.75) is 39.5 Å². The summed E-state index contributed by atoms with van der Waals surface area (Å²) < 4.78 is 0. The lowest BCUT2D eigenvalue weighted by Gasteiger charge is -2.17. The summed E-state index contributed by atoms with van der Waals surface area (Å²) in [6.45, 7) is 9.06. The van der Waals surface area contributed by atoms with Gasteiger partial charge in [0.2, 0.25) is 0 Å². The normalized spacial score (nSPS) is 14.7. The second-order valence-corrected chi connectivity index (χ2v) is 4.69. The van der Waals surface area contributed by atoms with Gasteiger partial charge in [-0.2, -0.15) is 0 Å². The zero-order chi connectivity index (χ0) is 11.8. The van der Waals surface area contributed by atoms with Gasteiger partial charge in [0.05, 0.1) is 0 Å². The number of hydrogen-bond donors (Lipinski definition) is 1. The van der Waals surface area contributed by atoms with Crippen molar-refractivity contribution in [3.63, 3.8) is 0 Å². The van der Waals surface area contributed by atoms with Gasteiger partial charge in [0.1, 0.15) is 0 Å². The second kappa shape index (κ2) is 7.45. The SMILES string of the molecule is CCC(C)CNCC(CC)c1ccccc1. The Kier molecular flexibility index (Phi) is 6.17. The first-order valence-electron chi connectivity index (χ1n) is 6.53.